The second-order valence-corrected chi connectivity index (χ2v) is 6.33. The third-order valence-electron chi connectivity index (χ3n) is 3.78. The fourth-order valence-corrected chi connectivity index (χ4v) is 2.60. The monoisotopic (exact) mass is 339 g/mol. The van der Waals surface area contributed by atoms with E-state index in [0.29, 0.717) is 5.56 Å². The molecule has 2 aromatic carbocycles. The number of carbonyl (C=O) groups is 2. The van der Waals surface area contributed by atoms with Gasteiger partial charge < -0.3 is 15.1 Å². The normalized spacial score (nSPS) is 10.4. The molecule has 0 bridgehead atoms. The lowest BCUT2D eigenvalue weighted by Gasteiger charge is -2.27. The van der Waals surface area contributed by atoms with Gasteiger partial charge in [-0.15, -0.1) is 0 Å². The minimum absolute atomic E-state index is 0.0226. The smallest absolute Gasteiger partial charge is 0.253 e. The van der Waals surface area contributed by atoms with Crippen molar-refractivity contribution in [2.45, 2.75) is 19.9 Å². The largest absolute Gasteiger partial charge is 0.376 e. The Hall–Kier alpha value is -2.82. The van der Waals surface area contributed by atoms with Crippen LogP contribution in [0.5, 0.6) is 0 Å². The van der Waals surface area contributed by atoms with Crippen molar-refractivity contribution in [3.05, 3.63) is 60.2 Å². The van der Waals surface area contributed by atoms with Crippen LogP contribution in [0.15, 0.2) is 54.6 Å². The summed E-state index contributed by atoms with van der Waals surface area (Å²) in [4.78, 5) is 28.0. The van der Waals surface area contributed by atoms with E-state index in [9.17, 15) is 9.59 Å². The van der Waals surface area contributed by atoms with Gasteiger partial charge in [-0.3, -0.25) is 9.59 Å². The molecule has 2 aromatic rings. The SMILES string of the molecule is CC(C)N(C(=O)CNc1cccc(C(=O)N(C)C)c1)c1ccccc1. The second kappa shape index (κ2) is 8.33. The Bertz CT molecular complexity index is 727. The Morgan fingerprint density at radius 3 is 2.28 bits per heavy atom. The fourth-order valence-electron chi connectivity index (χ4n) is 2.60. The van der Waals surface area contributed by atoms with Crippen molar-refractivity contribution in [1.29, 1.82) is 0 Å². The first-order chi connectivity index (χ1) is 11.9. The first-order valence-corrected chi connectivity index (χ1v) is 8.33. The molecule has 0 unspecified atom stereocenters. The third kappa shape index (κ3) is 4.83. The van der Waals surface area contributed by atoms with E-state index in [4.69, 9.17) is 0 Å². The first kappa shape index (κ1) is 18.5. The van der Waals surface area contributed by atoms with E-state index in [1.807, 2.05) is 50.2 Å². The molecule has 1 N–H and O–H groups in total. The first-order valence-electron chi connectivity index (χ1n) is 8.33. The van der Waals surface area contributed by atoms with E-state index in [1.165, 1.54) is 4.90 Å². The van der Waals surface area contributed by atoms with Crippen LogP contribution in [0.25, 0.3) is 0 Å². The van der Waals surface area contributed by atoms with Crippen LogP contribution in [-0.4, -0.2) is 43.4 Å². The molecule has 0 aliphatic rings. The van der Waals surface area contributed by atoms with E-state index in [0.717, 1.165) is 11.4 Å². The van der Waals surface area contributed by atoms with Crippen LogP contribution >= 0.6 is 0 Å². The topological polar surface area (TPSA) is 52.7 Å². The Morgan fingerprint density at radius 2 is 1.68 bits per heavy atom. The van der Waals surface area contributed by atoms with Gasteiger partial charge in [0.25, 0.3) is 5.91 Å². The number of nitrogens with one attached hydrogen (secondary N) is 1. The molecule has 2 amide bonds. The molecule has 0 radical (unpaired) electrons. The highest BCUT2D eigenvalue weighted by Gasteiger charge is 2.18. The average molecular weight is 339 g/mol. The Kier molecular flexibility index (Phi) is 6.17. The van der Waals surface area contributed by atoms with Gasteiger partial charge in [-0.25, -0.2) is 0 Å². The lowest BCUT2D eigenvalue weighted by atomic mass is 10.2. The molecular formula is C20H25N3O2. The summed E-state index contributed by atoms with van der Waals surface area (Å²) in [6, 6.07) is 16.9. The van der Waals surface area contributed by atoms with Crippen molar-refractivity contribution in [2.24, 2.45) is 0 Å². The summed E-state index contributed by atoms with van der Waals surface area (Å²) in [6.45, 7) is 4.13. The van der Waals surface area contributed by atoms with Crippen molar-refractivity contribution >= 4 is 23.2 Å². The number of para-hydroxylation sites is 1. The molecule has 25 heavy (non-hydrogen) atoms. The maximum Gasteiger partial charge on any atom is 0.253 e. The van der Waals surface area contributed by atoms with Gasteiger partial charge in [-0.2, -0.15) is 0 Å². The number of hydrogen-bond acceptors (Lipinski definition) is 3. The van der Waals surface area contributed by atoms with Gasteiger partial charge in [-0.1, -0.05) is 24.3 Å². The van der Waals surface area contributed by atoms with Crippen LogP contribution in [0.3, 0.4) is 0 Å². The van der Waals surface area contributed by atoms with E-state index >= 15 is 0 Å². The number of hydrogen-bond donors (Lipinski definition) is 1. The van der Waals surface area contributed by atoms with Crippen molar-refractivity contribution in [1.82, 2.24) is 4.90 Å². The van der Waals surface area contributed by atoms with E-state index in [2.05, 4.69) is 5.32 Å². The lowest BCUT2D eigenvalue weighted by Crippen LogP contribution is -2.40. The van der Waals surface area contributed by atoms with E-state index in [-0.39, 0.29) is 24.4 Å². The summed E-state index contributed by atoms with van der Waals surface area (Å²) in [6.07, 6.45) is 0. The van der Waals surface area contributed by atoms with Crippen LogP contribution in [0.4, 0.5) is 11.4 Å². The highest BCUT2D eigenvalue weighted by atomic mass is 16.2. The molecule has 2 rings (SSSR count). The number of benzene rings is 2. The summed E-state index contributed by atoms with van der Waals surface area (Å²) in [5, 5.41) is 3.12. The van der Waals surface area contributed by atoms with Crippen LogP contribution in [-0.2, 0) is 4.79 Å². The molecular weight excluding hydrogens is 314 g/mol. The minimum atomic E-state index is -0.0666. The molecule has 0 heterocycles. The Balaban J connectivity index is 2.08. The van der Waals surface area contributed by atoms with Gasteiger partial charge in [0.1, 0.15) is 0 Å². The summed E-state index contributed by atoms with van der Waals surface area (Å²) in [5.74, 6) is -0.0893. The highest BCUT2D eigenvalue weighted by molar-refractivity contribution is 5.97. The van der Waals surface area contributed by atoms with E-state index in [1.54, 1.807) is 37.2 Å². The third-order valence-corrected chi connectivity index (χ3v) is 3.78. The fraction of sp³-hybridized carbons (Fsp3) is 0.300. The Labute approximate surface area is 149 Å². The predicted molar refractivity (Wildman–Crippen MR) is 102 cm³/mol. The highest BCUT2D eigenvalue weighted by Crippen LogP contribution is 2.17. The summed E-state index contributed by atoms with van der Waals surface area (Å²) >= 11 is 0. The van der Waals surface area contributed by atoms with Crippen molar-refractivity contribution in [2.75, 3.05) is 30.9 Å². The maximum absolute atomic E-state index is 12.7. The quantitative estimate of drug-likeness (QED) is 0.879. The zero-order valence-electron chi connectivity index (χ0n) is 15.2. The van der Waals surface area contributed by atoms with Crippen molar-refractivity contribution < 1.29 is 9.59 Å². The van der Waals surface area contributed by atoms with Gasteiger partial charge >= 0.3 is 0 Å². The minimum Gasteiger partial charge on any atom is -0.376 e. The number of anilines is 2. The molecule has 5 heteroatoms. The van der Waals surface area contributed by atoms with Crippen LogP contribution < -0.4 is 10.2 Å². The molecule has 5 nitrogen and oxygen atoms in total. The molecule has 132 valence electrons. The Morgan fingerprint density at radius 1 is 1.00 bits per heavy atom. The van der Waals surface area contributed by atoms with E-state index < -0.39 is 0 Å². The van der Waals surface area contributed by atoms with Crippen LogP contribution in [0.1, 0.15) is 24.2 Å². The molecule has 0 aliphatic heterocycles. The zero-order valence-corrected chi connectivity index (χ0v) is 15.2. The van der Waals surface area contributed by atoms with Crippen molar-refractivity contribution in [3.63, 3.8) is 0 Å². The average Bonchev–Trinajstić information content (AvgIpc) is 2.60. The predicted octanol–water partition coefficient (Wildman–Crippen LogP) is 3.24. The van der Waals surface area contributed by atoms with Gasteiger partial charge in [0.2, 0.25) is 5.91 Å². The summed E-state index contributed by atoms with van der Waals surface area (Å²) in [7, 11) is 3.43. The van der Waals surface area contributed by atoms with Gasteiger partial charge in [0.15, 0.2) is 0 Å². The van der Waals surface area contributed by atoms with Crippen LogP contribution in [0.2, 0.25) is 0 Å². The summed E-state index contributed by atoms with van der Waals surface area (Å²) < 4.78 is 0. The molecule has 0 saturated heterocycles. The number of nitrogens with zero attached hydrogens (tertiary/aromatic N) is 2. The van der Waals surface area contributed by atoms with Gasteiger partial charge in [-0.05, 0) is 44.2 Å². The number of amides is 2. The molecule has 0 aliphatic carbocycles. The second-order valence-electron chi connectivity index (χ2n) is 6.33. The van der Waals surface area contributed by atoms with Gasteiger partial charge in [0, 0.05) is 37.1 Å². The number of carbonyl (C=O) groups excluding carboxylic acids is 2. The van der Waals surface area contributed by atoms with Crippen LogP contribution in [0, 0.1) is 0 Å². The molecule has 0 aromatic heterocycles. The molecule has 0 saturated carbocycles. The number of rotatable bonds is 6. The standard InChI is InChI=1S/C20H25N3O2/c1-15(2)23(18-11-6-5-7-12-18)19(24)14-21-17-10-8-9-16(13-17)20(25)22(3)4/h5-13,15,21H,14H2,1-4H3. The maximum atomic E-state index is 12.7. The molecule has 0 atom stereocenters. The zero-order chi connectivity index (χ0) is 18.4. The lowest BCUT2D eigenvalue weighted by molar-refractivity contribution is -0.117. The molecule has 0 fully saturated rings. The van der Waals surface area contributed by atoms with Gasteiger partial charge in [0.05, 0.1) is 6.54 Å². The summed E-state index contributed by atoms with van der Waals surface area (Å²) in [5.41, 5.74) is 2.21. The van der Waals surface area contributed by atoms with Crippen molar-refractivity contribution in [3.8, 4) is 0 Å². The molecule has 0 spiro atoms.